The number of nitrogens with zero attached hydrogens (tertiary/aromatic N) is 6. The van der Waals surface area contributed by atoms with Gasteiger partial charge in [0.05, 0.1) is 54.3 Å². The Kier molecular flexibility index (Phi) is 11.7. The van der Waals surface area contributed by atoms with E-state index in [2.05, 4.69) is 20.3 Å². The molecule has 1 saturated carbocycles. The first-order chi connectivity index (χ1) is 24.3. The van der Waals surface area contributed by atoms with Gasteiger partial charge < -0.3 is 29.2 Å². The SMILES string of the molecule is COC[C@@H]1CN(c2ccc([N+](=O)[O-])c(NC[C@@H]3CC[C@H](COc4c(-c5cc(C(=O)OC)cc(C)n5)cnn4C)C3)c2)CCN1C(=O)OC(C)(C)C. The molecule has 0 bridgehead atoms. The van der Waals surface area contributed by atoms with Gasteiger partial charge in [0.1, 0.15) is 11.3 Å². The van der Waals surface area contributed by atoms with E-state index in [1.807, 2.05) is 33.8 Å². The Morgan fingerprint density at radius 2 is 1.84 bits per heavy atom. The van der Waals surface area contributed by atoms with Crippen molar-refractivity contribution in [1.82, 2.24) is 19.7 Å². The Labute approximate surface area is 298 Å². The molecule has 5 rings (SSSR count). The second-order valence-corrected chi connectivity index (χ2v) is 14.3. The van der Waals surface area contributed by atoms with Gasteiger partial charge in [-0.15, -0.1) is 0 Å². The van der Waals surface area contributed by atoms with Gasteiger partial charge in [0.15, 0.2) is 0 Å². The summed E-state index contributed by atoms with van der Waals surface area (Å²) in [4.78, 5) is 45.2. The molecule has 0 spiro atoms. The van der Waals surface area contributed by atoms with Crippen molar-refractivity contribution in [2.45, 2.75) is 58.6 Å². The molecule has 2 aromatic heterocycles. The van der Waals surface area contributed by atoms with Gasteiger partial charge >= 0.3 is 12.1 Å². The zero-order valence-corrected chi connectivity index (χ0v) is 30.5. The van der Waals surface area contributed by atoms with Crippen LogP contribution in [0.1, 0.15) is 56.1 Å². The van der Waals surface area contributed by atoms with Crippen LogP contribution in [0.5, 0.6) is 5.88 Å². The fraction of sp³-hybridized carbons (Fsp3) is 0.556. The minimum Gasteiger partial charge on any atom is -0.477 e. The van der Waals surface area contributed by atoms with Gasteiger partial charge in [-0.05, 0) is 83.1 Å². The fourth-order valence-electron chi connectivity index (χ4n) is 6.79. The van der Waals surface area contributed by atoms with Gasteiger partial charge in [0, 0.05) is 57.8 Å². The summed E-state index contributed by atoms with van der Waals surface area (Å²) >= 11 is 0. The third kappa shape index (κ3) is 9.25. The number of methoxy groups -OCH3 is 2. The van der Waals surface area contributed by atoms with Crippen LogP contribution in [0.2, 0.25) is 0 Å². The number of rotatable bonds is 12. The summed E-state index contributed by atoms with van der Waals surface area (Å²) in [6.45, 7) is 10.2. The molecule has 2 fully saturated rings. The molecule has 1 aliphatic carbocycles. The summed E-state index contributed by atoms with van der Waals surface area (Å²) in [6.07, 6.45) is 4.11. The van der Waals surface area contributed by atoms with Crippen LogP contribution in [0.3, 0.4) is 0 Å². The van der Waals surface area contributed by atoms with Crippen LogP contribution < -0.4 is 15.0 Å². The Morgan fingerprint density at radius 1 is 1.08 bits per heavy atom. The number of piperazine rings is 1. The molecule has 1 aliphatic heterocycles. The summed E-state index contributed by atoms with van der Waals surface area (Å²) in [7, 11) is 4.75. The number of pyridine rings is 1. The average Bonchev–Trinajstić information content (AvgIpc) is 3.70. The lowest BCUT2D eigenvalue weighted by atomic mass is 10.1. The summed E-state index contributed by atoms with van der Waals surface area (Å²) < 4.78 is 23.9. The number of hydrogen-bond donors (Lipinski definition) is 1. The topological polar surface area (TPSA) is 163 Å². The number of nitro benzene ring substituents is 1. The lowest BCUT2D eigenvalue weighted by molar-refractivity contribution is -0.383. The van der Waals surface area contributed by atoms with Crippen LogP contribution in [-0.2, 0) is 21.3 Å². The summed E-state index contributed by atoms with van der Waals surface area (Å²) in [5, 5.41) is 19.8. The lowest BCUT2D eigenvalue weighted by Gasteiger charge is -2.42. The minimum absolute atomic E-state index is 0.0151. The van der Waals surface area contributed by atoms with Gasteiger partial charge in [-0.3, -0.25) is 20.0 Å². The van der Waals surface area contributed by atoms with Crippen molar-refractivity contribution in [3.05, 3.63) is 57.9 Å². The third-order valence-corrected chi connectivity index (χ3v) is 9.23. The number of nitrogens with one attached hydrogen (secondary N) is 1. The van der Waals surface area contributed by atoms with E-state index in [0.29, 0.717) is 79.4 Å². The molecule has 2 aliphatic rings. The molecule has 3 atom stereocenters. The number of amides is 1. The predicted molar refractivity (Wildman–Crippen MR) is 191 cm³/mol. The number of aromatic nitrogens is 3. The van der Waals surface area contributed by atoms with Gasteiger partial charge in [0.25, 0.3) is 5.69 Å². The number of hydrogen-bond acceptors (Lipinski definition) is 12. The van der Waals surface area contributed by atoms with Gasteiger partial charge in [-0.25, -0.2) is 14.3 Å². The van der Waals surface area contributed by atoms with Crippen molar-refractivity contribution < 1.29 is 33.5 Å². The van der Waals surface area contributed by atoms with Crippen LogP contribution >= 0.6 is 0 Å². The quantitative estimate of drug-likeness (QED) is 0.144. The standard InChI is InChI=1S/C36H49N7O8/c1-23-14-26(34(44)49-7)16-30(39-23)29-19-38-40(5)33(29)50-21-25-9-8-24(15-25)18-37-31-17-27(10-11-32(31)43(46)47)41-12-13-42(28(20-41)22-48-6)35(45)51-36(2,3)4/h10-11,14,16-17,19,24-25,28,37H,8-9,12-13,15,18,20-22H2,1-7H3/t24-,25+,28+/m1/s1. The zero-order chi connectivity index (χ0) is 36.9. The maximum absolute atomic E-state index is 12.9. The number of esters is 1. The molecule has 3 heterocycles. The van der Waals surface area contributed by atoms with Crippen LogP contribution in [0.15, 0.2) is 36.5 Å². The second-order valence-electron chi connectivity index (χ2n) is 14.3. The minimum atomic E-state index is -0.613. The summed E-state index contributed by atoms with van der Waals surface area (Å²) in [5.41, 5.74) is 3.05. The number of aryl methyl sites for hydroxylation is 2. The highest BCUT2D eigenvalue weighted by atomic mass is 16.6. The number of nitro groups is 1. The molecule has 1 aromatic carbocycles. The van der Waals surface area contributed by atoms with E-state index in [1.54, 1.807) is 48.1 Å². The van der Waals surface area contributed by atoms with E-state index >= 15 is 0 Å². The second kappa shape index (κ2) is 16.0. The highest BCUT2D eigenvalue weighted by Gasteiger charge is 2.34. The number of ether oxygens (including phenoxy) is 4. The fourth-order valence-corrected chi connectivity index (χ4v) is 6.79. The third-order valence-electron chi connectivity index (χ3n) is 9.23. The number of carbonyl (C=O) groups excluding carboxylic acids is 2. The molecular formula is C36H49N7O8. The lowest BCUT2D eigenvalue weighted by Crippen LogP contribution is -2.57. The van der Waals surface area contributed by atoms with E-state index in [4.69, 9.17) is 18.9 Å². The first-order valence-electron chi connectivity index (χ1n) is 17.2. The first kappa shape index (κ1) is 37.3. The predicted octanol–water partition coefficient (Wildman–Crippen LogP) is 5.46. The molecule has 276 valence electrons. The Balaban J connectivity index is 1.20. The molecule has 0 unspecified atom stereocenters. The van der Waals surface area contributed by atoms with Crippen molar-refractivity contribution >= 4 is 29.1 Å². The van der Waals surface area contributed by atoms with Crippen molar-refractivity contribution in [3.63, 3.8) is 0 Å². The van der Waals surface area contributed by atoms with E-state index < -0.39 is 11.6 Å². The van der Waals surface area contributed by atoms with Gasteiger partial charge in [-0.2, -0.15) is 5.10 Å². The normalized spacial score (nSPS) is 19.2. The highest BCUT2D eigenvalue weighted by Crippen LogP contribution is 2.36. The maximum atomic E-state index is 12.9. The van der Waals surface area contributed by atoms with Crippen LogP contribution in [-0.4, -0.2) is 102 Å². The van der Waals surface area contributed by atoms with Crippen molar-refractivity contribution in [1.29, 1.82) is 0 Å². The van der Waals surface area contributed by atoms with Crippen LogP contribution in [0, 0.1) is 28.9 Å². The Morgan fingerprint density at radius 3 is 2.55 bits per heavy atom. The smallest absolute Gasteiger partial charge is 0.410 e. The maximum Gasteiger partial charge on any atom is 0.410 e. The van der Waals surface area contributed by atoms with E-state index in [9.17, 15) is 19.7 Å². The number of carbonyl (C=O) groups is 2. The zero-order valence-electron chi connectivity index (χ0n) is 30.5. The largest absolute Gasteiger partial charge is 0.477 e. The van der Waals surface area contributed by atoms with Gasteiger partial charge in [-0.1, -0.05) is 0 Å². The molecule has 3 aromatic rings. The monoisotopic (exact) mass is 707 g/mol. The molecule has 15 heteroatoms. The van der Waals surface area contributed by atoms with Crippen molar-refractivity contribution in [3.8, 4) is 17.1 Å². The van der Waals surface area contributed by atoms with Crippen molar-refractivity contribution in [2.75, 3.05) is 63.8 Å². The average molecular weight is 708 g/mol. The highest BCUT2D eigenvalue weighted by molar-refractivity contribution is 5.90. The molecule has 0 radical (unpaired) electrons. The molecule has 51 heavy (non-hydrogen) atoms. The van der Waals surface area contributed by atoms with Crippen LogP contribution in [0.4, 0.5) is 21.9 Å². The number of benzene rings is 1. The van der Waals surface area contributed by atoms with Crippen molar-refractivity contribution in [2.24, 2.45) is 18.9 Å². The number of anilines is 2. The summed E-state index contributed by atoms with van der Waals surface area (Å²) in [6, 6.07) is 8.24. The Bertz CT molecular complexity index is 1720. The molecule has 1 amide bonds. The molecule has 1 N–H and O–H groups in total. The Hall–Kier alpha value is -4.92. The van der Waals surface area contributed by atoms with E-state index in [1.165, 1.54) is 13.2 Å². The van der Waals surface area contributed by atoms with E-state index in [-0.39, 0.29) is 28.7 Å². The molecule has 1 saturated heterocycles. The molecular weight excluding hydrogens is 658 g/mol. The molecule has 15 nitrogen and oxygen atoms in total. The van der Waals surface area contributed by atoms with E-state index in [0.717, 1.165) is 24.9 Å². The van der Waals surface area contributed by atoms with Crippen LogP contribution in [0.25, 0.3) is 11.3 Å². The first-order valence-corrected chi connectivity index (χ1v) is 17.2. The van der Waals surface area contributed by atoms with Gasteiger partial charge in [0.2, 0.25) is 5.88 Å². The summed E-state index contributed by atoms with van der Waals surface area (Å²) in [5.74, 6) is 0.718.